The molecule has 118 valence electrons. The molecule has 0 aliphatic carbocycles. The predicted molar refractivity (Wildman–Crippen MR) is 89.2 cm³/mol. The molecule has 0 saturated carbocycles. The van der Waals surface area contributed by atoms with Crippen molar-refractivity contribution >= 4 is 11.6 Å². The maximum atomic E-state index is 4.64. The molecule has 1 aliphatic heterocycles. The Morgan fingerprint density at radius 1 is 1.38 bits per heavy atom. The Labute approximate surface area is 128 Å². The summed E-state index contributed by atoms with van der Waals surface area (Å²) < 4.78 is 0. The van der Waals surface area contributed by atoms with E-state index in [2.05, 4.69) is 60.0 Å². The molecule has 0 spiro atoms. The zero-order valence-electron chi connectivity index (χ0n) is 14.1. The molecule has 1 aromatic rings. The summed E-state index contributed by atoms with van der Waals surface area (Å²) >= 11 is 0. The second-order valence-corrected chi connectivity index (χ2v) is 6.40. The highest BCUT2D eigenvalue weighted by molar-refractivity contribution is 5.61. The number of hydrogen-bond donors (Lipinski definition) is 1. The van der Waals surface area contributed by atoms with Crippen molar-refractivity contribution in [3.63, 3.8) is 0 Å². The summed E-state index contributed by atoms with van der Waals surface area (Å²) in [4.78, 5) is 13.8. The molecule has 0 amide bonds. The molecule has 21 heavy (non-hydrogen) atoms. The van der Waals surface area contributed by atoms with Gasteiger partial charge in [-0.3, -0.25) is 0 Å². The second kappa shape index (κ2) is 7.07. The minimum absolute atomic E-state index is 0.413. The van der Waals surface area contributed by atoms with Gasteiger partial charge in [-0.15, -0.1) is 0 Å². The van der Waals surface area contributed by atoms with Crippen LogP contribution in [0.5, 0.6) is 0 Å². The van der Waals surface area contributed by atoms with Crippen molar-refractivity contribution in [1.29, 1.82) is 0 Å². The van der Waals surface area contributed by atoms with Gasteiger partial charge in [-0.25, -0.2) is 9.97 Å². The van der Waals surface area contributed by atoms with E-state index in [9.17, 15) is 0 Å². The van der Waals surface area contributed by atoms with E-state index in [0.29, 0.717) is 12.0 Å². The Morgan fingerprint density at radius 2 is 2.14 bits per heavy atom. The van der Waals surface area contributed by atoms with Crippen molar-refractivity contribution in [1.82, 2.24) is 14.9 Å². The lowest BCUT2D eigenvalue weighted by Gasteiger charge is -2.31. The lowest BCUT2D eigenvalue weighted by molar-refractivity contribution is 0.371. The molecule has 1 fully saturated rings. The van der Waals surface area contributed by atoms with Crippen molar-refractivity contribution in [2.75, 3.05) is 43.9 Å². The van der Waals surface area contributed by atoms with Crippen molar-refractivity contribution in [3.8, 4) is 0 Å². The number of anilines is 2. The molecule has 1 aliphatic rings. The van der Waals surface area contributed by atoms with Crippen LogP contribution < -0.4 is 10.2 Å². The first-order valence-electron chi connectivity index (χ1n) is 8.04. The highest BCUT2D eigenvalue weighted by Gasteiger charge is 2.29. The van der Waals surface area contributed by atoms with E-state index in [4.69, 9.17) is 0 Å². The highest BCUT2D eigenvalue weighted by Crippen LogP contribution is 2.34. The Balaban J connectivity index is 2.35. The average molecular weight is 291 g/mol. The third-order valence-corrected chi connectivity index (χ3v) is 4.01. The Morgan fingerprint density at radius 3 is 2.76 bits per heavy atom. The molecule has 0 bridgehead atoms. The predicted octanol–water partition coefficient (Wildman–Crippen LogP) is 2.56. The van der Waals surface area contributed by atoms with Crippen LogP contribution in [-0.2, 0) is 0 Å². The van der Waals surface area contributed by atoms with E-state index in [1.165, 1.54) is 18.4 Å². The maximum absolute atomic E-state index is 4.64. The Kier molecular flexibility index (Phi) is 5.39. The van der Waals surface area contributed by atoms with Crippen LogP contribution >= 0.6 is 0 Å². The first kappa shape index (κ1) is 16.0. The fraction of sp³-hybridized carbons (Fsp3) is 0.750. The first-order valence-corrected chi connectivity index (χ1v) is 8.04. The van der Waals surface area contributed by atoms with Gasteiger partial charge in [0.25, 0.3) is 0 Å². The third-order valence-electron chi connectivity index (χ3n) is 4.01. The fourth-order valence-corrected chi connectivity index (χ4v) is 3.18. The quantitative estimate of drug-likeness (QED) is 0.872. The van der Waals surface area contributed by atoms with E-state index >= 15 is 0 Å². The Hall–Kier alpha value is -1.36. The van der Waals surface area contributed by atoms with Gasteiger partial charge in [0.1, 0.15) is 18.0 Å². The molecule has 1 unspecified atom stereocenters. The Bertz CT molecular complexity index is 458. The van der Waals surface area contributed by atoms with Gasteiger partial charge in [-0.2, -0.15) is 0 Å². The zero-order chi connectivity index (χ0) is 15.4. The summed E-state index contributed by atoms with van der Waals surface area (Å²) in [6.07, 6.45) is 4.19. The van der Waals surface area contributed by atoms with Crippen molar-refractivity contribution in [2.24, 2.45) is 0 Å². The van der Waals surface area contributed by atoms with Gasteiger partial charge in [-0.05, 0) is 39.8 Å². The van der Waals surface area contributed by atoms with Crippen LogP contribution in [0.2, 0.25) is 0 Å². The molecule has 5 heteroatoms. The van der Waals surface area contributed by atoms with Gasteiger partial charge in [0.15, 0.2) is 0 Å². The number of likely N-dealkylation sites (N-methyl/N-ethyl adjacent to an activating group) is 1. The largest absolute Gasteiger partial charge is 0.370 e. The third kappa shape index (κ3) is 3.64. The zero-order valence-corrected chi connectivity index (χ0v) is 14.1. The summed E-state index contributed by atoms with van der Waals surface area (Å²) in [7, 11) is 4.29. The summed E-state index contributed by atoms with van der Waals surface area (Å²) in [5.74, 6) is 2.53. The van der Waals surface area contributed by atoms with Gasteiger partial charge < -0.3 is 15.1 Å². The average Bonchev–Trinajstić information content (AvgIpc) is 2.85. The van der Waals surface area contributed by atoms with Gasteiger partial charge in [0.2, 0.25) is 0 Å². The molecule has 1 aromatic heterocycles. The molecule has 1 saturated heterocycles. The number of aromatic nitrogens is 2. The number of rotatable bonds is 6. The van der Waals surface area contributed by atoms with E-state index in [1.807, 2.05) is 0 Å². The summed E-state index contributed by atoms with van der Waals surface area (Å²) in [6, 6.07) is 0.557. The van der Waals surface area contributed by atoms with Crippen LogP contribution in [-0.4, -0.2) is 54.6 Å². The molecule has 2 heterocycles. The van der Waals surface area contributed by atoms with E-state index in [1.54, 1.807) is 6.33 Å². The molecule has 0 radical (unpaired) electrons. The van der Waals surface area contributed by atoms with E-state index in [0.717, 1.165) is 31.3 Å². The fourth-order valence-electron chi connectivity index (χ4n) is 3.18. The molecule has 5 nitrogen and oxygen atoms in total. The van der Waals surface area contributed by atoms with E-state index in [-0.39, 0.29) is 0 Å². The van der Waals surface area contributed by atoms with Crippen LogP contribution in [0.4, 0.5) is 11.6 Å². The van der Waals surface area contributed by atoms with Crippen LogP contribution in [0.25, 0.3) is 0 Å². The number of nitrogens with one attached hydrogen (secondary N) is 1. The lowest BCUT2D eigenvalue weighted by Crippen LogP contribution is -2.38. The van der Waals surface area contributed by atoms with Crippen LogP contribution in [0.15, 0.2) is 6.33 Å². The molecule has 2 rings (SSSR count). The van der Waals surface area contributed by atoms with Gasteiger partial charge in [0, 0.05) is 31.2 Å². The molecular weight excluding hydrogens is 262 g/mol. The van der Waals surface area contributed by atoms with Gasteiger partial charge in [-0.1, -0.05) is 13.8 Å². The van der Waals surface area contributed by atoms with Crippen LogP contribution in [0.3, 0.4) is 0 Å². The summed E-state index contributed by atoms with van der Waals surface area (Å²) in [5.41, 5.74) is 1.25. The monoisotopic (exact) mass is 291 g/mol. The van der Waals surface area contributed by atoms with Gasteiger partial charge in [0.05, 0.1) is 0 Å². The summed E-state index contributed by atoms with van der Waals surface area (Å²) in [6.45, 7) is 9.62. The minimum atomic E-state index is 0.413. The normalized spacial score (nSPS) is 18.8. The van der Waals surface area contributed by atoms with Crippen molar-refractivity contribution in [2.45, 2.75) is 45.6 Å². The van der Waals surface area contributed by atoms with Gasteiger partial charge >= 0.3 is 0 Å². The SMILES string of the molecule is CCNc1ncnc(N2CCCC2CN(C)C)c1C(C)C. The lowest BCUT2D eigenvalue weighted by atomic mass is 10.0. The van der Waals surface area contributed by atoms with Crippen molar-refractivity contribution in [3.05, 3.63) is 11.9 Å². The van der Waals surface area contributed by atoms with Crippen molar-refractivity contribution < 1.29 is 0 Å². The number of nitrogens with zero attached hydrogens (tertiary/aromatic N) is 4. The van der Waals surface area contributed by atoms with Crippen LogP contribution in [0.1, 0.15) is 45.1 Å². The molecule has 0 aromatic carbocycles. The topological polar surface area (TPSA) is 44.3 Å². The molecule has 1 atom stereocenters. The maximum Gasteiger partial charge on any atom is 0.137 e. The first-order chi connectivity index (χ1) is 10.0. The smallest absolute Gasteiger partial charge is 0.137 e. The van der Waals surface area contributed by atoms with Crippen LogP contribution in [0, 0.1) is 0 Å². The van der Waals surface area contributed by atoms with E-state index < -0.39 is 0 Å². The summed E-state index contributed by atoms with van der Waals surface area (Å²) in [5, 5.41) is 3.39. The number of hydrogen-bond acceptors (Lipinski definition) is 5. The second-order valence-electron chi connectivity index (χ2n) is 6.40. The standard InChI is InChI=1S/C16H29N5/c1-6-17-15-14(12(2)3)16(19-11-18-15)21-9-7-8-13(21)10-20(4)5/h11-13H,6-10H2,1-5H3,(H,17,18,19). The highest BCUT2D eigenvalue weighted by atomic mass is 15.3. The molecule has 1 N–H and O–H groups in total. The molecular formula is C16H29N5. The minimum Gasteiger partial charge on any atom is -0.370 e.